The van der Waals surface area contributed by atoms with Gasteiger partial charge in [-0.15, -0.1) is 11.6 Å². The van der Waals surface area contributed by atoms with E-state index in [9.17, 15) is 0 Å². The number of aromatic nitrogens is 2. The fraction of sp³-hybridized carbons (Fsp3) is 0.533. The van der Waals surface area contributed by atoms with Gasteiger partial charge in [-0.25, -0.2) is 4.98 Å². The molecule has 0 aliphatic heterocycles. The fourth-order valence-corrected chi connectivity index (χ4v) is 2.69. The molecule has 0 saturated carbocycles. The molecule has 19 heavy (non-hydrogen) atoms. The maximum Gasteiger partial charge on any atom is 0.124 e. The average Bonchev–Trinajstić information content (AvgIpc) is 2.72. The van der Waals surface area contributed by atoms with Crippen molar-refractivity contribution in [3.05, 3.63) is 29.0 Å². The molecule has 0 amide bonds. The molecule has 1 heterocycles. The van der Waals surface area contributed by atoms with Crippen molar-refractivity contribution in [1.82, 2.24) is 9.55 Å². The van der Waals surface area contributed by atoms with Crippen LogP contribution in [0.4, 0.5) is 0 Å². The second-order valence-electron chi connectivity index (χ2n) is 5.34. The first-order chi connectivity index (χ1) is 9.11. The van der Waals surface area contributed by atoms with Crippen molar-refractivity contribution in [2.45, 2.75) is 45.5 Å². The topological polar surface area (TPSA) is 17.8 Å². The van der Waals surface area contributed by atoms with Crippen molar-refractivity contribution in [3.8, 4) is 0 Å². The third kappa shape index (κ3) is 3.64. The maximum absolute atomic E-state index is 6.07. The molecule has 2 nitrogen and oxygen atoms in total. The van der Waals surface area contributed by atoms with Crippen LogP contribution in [0.5, 0.6) is 0 Å². The normalized spacial score (nSPS) is 11.6. The largest absolute Gasteiger partial charge is 0.327 e. The van der Waals surface area contributed by atoms with Gasteiger partial charge in [0.2, 0.25) is 0 Å². The van der Waals surface area contributed by atoms with E-state index in [1.54, 1.807) is 0 Å². The molecule has 0 spiro atoms. The number of unbranched alkanes of at least 4 members (excludes halogenated alkanes) is 1. The fourth-order valence-electron chi connectivity index (χ4n) is 2.32. The van der Waals surface area contributed by atoms with Crippen LogP contribution in [0.25, 0.3) is 11.0 Å². The van der Waals surface area contributed by atoms with Crippen LogP contribution < -0.4 is 0 Å². The Hall–Kier alpha value is -0.730. The van der Waals surface area contributed by atoms with Crippen LogP contribution in [0.2, 0.25) is 5.02 Å². The van der Waals surface area contributed by atoms with Crippen molar-refractivity contribution in [1.29, 1.82) is 0 Å². The number of imidazole rings is 1. The van der Waals surface area contributed by atoms with Crippen LogP contribution in [-0.4, -0.2) is 9.55 Å². The monoisotopic (exact) mass is 298 g/mol. The Morgan fingerprint density at radius 1 is 1.26 bits per heavy atom. The highest BCUT2D eigenvalue weighted by molar-refractivity contribution is 6.31. The average molecular weight is 299 g/mol. The molecule has 0 saturated heterocycles. The summed E-state index contributed by atoms with van der Waals surface area (Å²) >= 11 is 12.1. The molecule has 104 valence electrons. The number of hydrogen-bond acceptors (Lipinski definition) is 1. The number of nitrogens with zero attached hydrogens (tertiary/aromatic N) is 2. The van der Waals surface area contributed by atoms with Crippen LogP contribution in [-0.2, 0) is 12.4 Å². The summed E-state index contributed by atoms with van der Waals surface area (Å²) in [4.78, 5) is 4.56. The highest BCUT2D eigenvalue weighted by atomic mass is 35.5. The summed E-state index contributed by atoms with van der Waals surface area (Å²) in [6.45, 7) is 5.48. The van der Waals surface area contributed by atoms with Gasteiger partial charge in [-0.3, -0.25) is 0 Å². The Labute approximate surface area is 124 Å². The molecule has 0 aliphatic carbocycles. The SMILES string of the molecule is CC(C)CCCCn1c(CCl)nc2ccc(Cl)cc21. The molecule has 1 aromatic heterocycles. The van der Waals surface area contributed by atoms with E-state index < -0.39 is 0 Å². The molecular formula is C15H20Cl2N2. The van der Waals surface area contributed by atoms with Gasteiger partial charge in [-0.1, -0.05) is 38.3 Å². The smallest absolute Gasteiger partial charge is 0.124 e. The van der Waals surface area contributed by atoms with E-state index >= 15 is 0 Å². The van der Waals surface area contributed by atoms with Crippen molar-refractivity contribution in [2.24, 2.45) is 5.92 Å². The van der Waals surface area contributed by atoms with Gasteiger partial charge in [0.15, 0.2) is 0 Å². The van der Waals surface area contributed by atoms with E-state index in [0.717, 1.165) is 40.8 Å². The van der Waals surface area contributed by atoms with E-state index in [4.69, 9.17) is 23.2 Å². The molecule has 0 radical (unpaired) electrons. The van der Waals surface area contributed by atoms with Gasteiger partial charge >= 0.3 is 0 Å². The van der Waals surface area contributed by atoms with Crippen LogP contribution >= 0.6 is 23.2 Å². The number of alkyl halides is 1. The summed E-state index contributed by atoms with van der Waals surface area (Å²) in [5, 5.41) is 0.747. The first-order valence-corrected chi connectivity index (χ1v) is 7.73. The van der Waals surface area contributed by atoms with Gasteiger partial charge in [0.25, 0.3) is 0 Å². The van der Waals surface area contributed by atoms with Crippen LogP contribution in [0, 0.1) is 5.92 Å². The quantitative estimate of drug-likeness (QED) is 0.526. The lowest BCUT2D eigenvalue weighted by Crippen LogP contribution is -2.03. The van der Waals surface area contributed by atoms with E-state index in [1.165, 1.54) is 12.8 Å². The summed E-state index contributed by atoms with van der Waals surface area (Å²) in [6, 6.07) is 5.80. The Balaban J connectivity index is 2.17. The number of benzene rings is 1. The lowest BCUT2D eigenvalue weighted by molar-refractivity contribution is 0.509. The Morgan fingerprint density at radius 3 is 2.74 bits per heavy atom. The first-order valence-electron chi connectivity index (χ1n) is 6.82. The van der Waals surface area contributed by atoms with Crippen molar-refractivity contribution >= 4 is 34.2 Å². The van der Waals surface area contributed by atoms with Gasteiger partial charge in [0.1, 0.15) is 5.82 Å². The Morgan fingerprint density at radius 2 is 2.05 bits per heavy atom. The molecule has 0 unspecified atom stereocenters. The molecule has 1 aromatic carbocycles. The van der Waals surface area contributed by atoms with E-state index in [0.29, 0.717) is 5.88 Å². The summed E-state index contributed by atoms with van der Waals surface area (Å²) in [7, 11) is 0. The zero-order chi connectivity index (χ0) is 13.8. The third-order valence-corrected chi connectivity index (χ3v) is 3.80. The Kier molecular flexibility index (Phi) is 5.12. The molecule has 2 rings (SSSR count). The highest BCUT2D eigenvalue weighted by Gasteiger charge is 2.10. The molecule has 0 N–H and O–H groups in total. The van der Waals surface area contributed by atoms with Crippen molar-refractivity contribution in [2.75, 3.05) is 0 Å². The summed E-state index contributed by atoms with van der Waals surface area (Å²) in [5.74, 6) is 2.14. The second-order valence-corrected chi connectivity index (χ2v) is 6.04. The minimum absolute atomic E-state index is 0.441. The molecule has 2 aromatic rings. The van der Waals surface area contributed by atoms with Crippen molar-refractivity contribution < 1.29 is 0 Å². The van der Waals surface area contributed by atoms with Gasteiger partial charge in [0, 0.05) is 11.6 Å². The minimum atomic E-state index is 0.441. The predicted octanol–water partition coefficient (Wildman–Crippen LogP) is 5.25. The van der Waals surface area contributed by atoms with Crippen LogP contribution in [0.3, 0.4) is 0 Å². The number of aryl methyl sites for hydroxylation is 1. The number of rotatable bonds is 6. The predicted molar refractivity (Wildman–Crippen MR) is 83.0 cm³/mol. The van der Waals surface area contributed by atoms with E-state index in [1.807, 2.05) is 18.2 Å². The lowest BCUT2D eigenvalue weighted by atomic mass is 10.1. The minimum Gasteiger partial charge on any atom is -0.327 e. The number of halogens is 2. The zero-order valence-corrected chi connectivity index (χ0v) is 13.0. The second kappa shape index (κ2) is 6.62. The molecular weight excluding hydrogens is 279 g/mol. The van der Waals surface area contributed by atoms with Crippen molar-refractivity contribution in [3.63, 3.8) is 0 Å². The first kappa shape index (κ1) is 14.7. The number of fused-ring (bicyclic) bond motifs is 1. The summed E-state index contributed by atoms with van der Waals surface area (Å²) in [6.07, 6.45) is 3.66. The van der Waals surface area contributed by atoms with Gasteiger partial charge < -0.3 is 4.57 Å². The van der Waals surface area contributed by atoms with Gasteiger partial charge in [-0.2, -0.15) is 0 Å². The molecule has 0 aliphatic rings. The van der Waals surface area contributed by atoms with E-state index in [-0.39, 0.29) is 0 Å². The highest BCUT2D eigenvalue weighted by Crippen LogP contribution is 2.22. The standard InChI is InChI=1S/C15H20Cl2N2/c1-11(2)5-3-4-8-19-14-9-12(17)6-7-13(14)18-15(19)10-16/h6-7,9,11H,3-5,8,10H2,1-2H3. The maximum atomic E-state index is 6.07. The third-order valence-electron chi connectivity index (χ3n) is 3.32. The van der Waals surface area contributed by atoms with Crippen LogP contribution in [0.15, 0.2) is 18.2 Å². The zero-order valence-electron chi connectivity index (χ0n) is 11.5. The summed E-state index contributed by atoms with van der Waals surface area (Å²) < 4.78 is 2.20. The molecule has 0 bridgehead atoms. The molecule has 4 heteroatoms. The Bertz CT molecular complexity index is 546. The summed E-state index contributed by atoms with van der Waals surface area (Å²) in [5.41, 5.74) is 2.07. The molecule has 0 fully saturated rings. The lowest BCUT2D eigenvalue weighted by Gasteiger charge is -2.09. The number of hydrogen-bond donors (Lipinski definition) is 0. The van der Waals surface area contributed by atoms with Gasteiger partial charge in [0.05, 0.1) is 16.9 Å². The van der Waals surface area contributed by atoms with Crippen LogP contribution in [0.1, 0.15) is 38.9 Å². The molecule has 0 atom stereocenters. The van der Waals surface area contributed by atoms with Gasteiger partial charge in [-0.05, 0) is 30.5 Å². The van der Waals surface area contributed by atoms with E-state index in [2.05, 4.69) is 23.4 Å².